The van der Waals surface area contributed by atoms with Gasteiger partial charge < -0.3 is 5.73 Å². The topological polar surface area (TPSA) is 51.8 Å². The van der Waals surface area contributed by atoms with Crippen LogP contribution >= 0.6 is 0 Å². The number of nitrogens with two attached hydrogens (primary N) is 1. The maximum atomic E-state index is 12.8. The SMILES string of the molecule is NCCc1ncc2cc(F)ccc2n1. The Morgan fingerprint density at radius 2 is 2.21 bits per heavy atom. The molecule has 4 heteroatoms. The van der Waals surface area contributed by atoms with Gasteiger partial charge in [0, 0.05) is 18.0 Å². The van der Waals surface area contributed by atoms with Crippen LogP contribution in [0.4, 0.5) is 4.39 Å². The molecule has 14 heavy (non-hydrogen) atoms. The van der Waals surface area contributed by atoms with Crippen LogP contribution in [0.15, 0.2) is 24.4 Å². The molecule has 0 bridgehead atoms. The average molecular weight is 191 g/mol. The molecule has 0 saturated carbocycles. The zero-order valence-electron chi connectivity index (χ0n) is 7.57. The first kappa shape index (κ1) is 9.02. The Labute approximate surface area is 80.8 Å². The Balaban J connectivity index is 2.50. The molecular weight excluding hydrogens is 181 g/mol. The quantitative estimate of drug-likeness (QED) is 0.777. The van der Waals surface area contributed by atoms with Gasteiger partial charge in [-0.1, -0.05) is 0 Å². The number of hydrogen-bond acceptors (Lipinski definition) is 3. The molecule has 0 aliphatic heterocycles. The van der Waals surface area contributed by atoms with E-state index in [1.165, 1.54) is 12.1 Å². The molecule has 2 aromatic rings. The highest BCUT2D eigenvalue weighted by molar-refractivity contribution is 5.77. The molecule has 1 aromatic heterocycles. The summed E-state index contributed by atoms with van der Waals surface area (Å²) < 4.78 is 12.8. The van der Waals surface area contributed by atoms with Crippen molar-refractivity contribution in [3.63, 3.8) is 0 Å². The van der Waals surface area contributed by atoms with Gasteiger partial charge in [-0.2, -0.15) is 0 Å². The number of hydrogen-bond donors (Lipinski definition) is 1. The summed E-state index contributed by atoms with van der Waals surface area (Å²) >= 11 is 0. The molecule has 0 spiro atoms. The Hall–Kier alpha value is -1.55. The monoisotopic (exact) mass is 191 g/mol. The molecule has 0 amide bonds. The van der Waals surface area contributed by atoms with Crippen molar-refractivity contribution in [3.8, 4) is 0 Å². The van der Waals surface area contributed by atoms with Crippen molar-refractivity contribution < 1.29 is 4.39 Å². The first-order chi connectivity index (χ1) is 6.79. The standard InChI is InChI=1S/C10H10FN3/c11-8-1-2-9-7(5-8)6-13-10(14-9)3-4-12/h1-2,5-6H,3-4,12H2. The Kier molecular flexibility index (Phi) is 2.37. The summed E-state index contributed by atoms with van der Waals surface area (Å²) in [5.74, 6) is 0.430. The van der Waals surface area contributed by atoms with E-state index in [9.17, 15) is 4.39 Å². The molecule has 0 radical (unpaired) electrons. The Morgan fingerprint density at radius 3 is 3.00 bits per heavy atom. The van der Waals surface area contributed by atoms with Crippen LogP contribution < -0.4 is 5.73 Å². The molecule has 0 aliphatic rings. The number of fused-ring (bicyclic) bond motifs is 1. The van der Waals surface area contributed by atoms with Crippen LogP contribution in [0.1, 0.15) is 5.82 Å². The minimum Gasteiger partial charge on any atom is -0.330 e. The molecule has 0 unspecified atom stereocenters. The van der Waals surface area contributed by atoms with Crippen LogP contribution in [-0.2, 0) is 6.42 Å². The van der Waals surface area contributed by atoms with Crippen LogP contribution in [0.5, 0.6) is 0 Å². The van der Waals surface area contributed by atoms with Gasteiger partial charge >= 0.3 is 0 Å². The third kappa shape index (κ3) is 1.70. The molecule has 0 fully saturated rings. The number of benzene rings is 1. The fourth-order valence-corrected chi connectivity index (χ4v) is 1.29. The molecule has 0 aliphatic carbocycles. The van der Waals surface area contributed by atoms with Crippen molar-refractivity contribution >= 4 is 10.9 Å². The fourth-order valence-electron chi connectivity index (χ4n) is 1.29. The zero-order chi connectivity index (χ0) is 9.97. The smallest absolute Gasteiger partial charge is 0.130 e. The van der Waals surface area contributed by atoms with E-state index >= 15 is 0 Å². The van der Waals surface area contributed by atoms with Gasteiger partial charge in [0.25, 0.3) is 0 Å². The molecule has 0 atom stereocenters. The van der Waals surface area contributed by atoms with Gasteiger partial charge in [0.15, 0.2) is 0 Å². The average Bonchev–Trinajstić information content (AvgIpc) is 2.19. The fraction of sp³-hybridized carbons (Fsp3) is 0.200. The molecule has 1 aromatic carbocycles. The minimum atomic E-state index is -0.271. The van der Waals surface area contributed by atoms with Gasteiger partial charge in [-0.3, -0.25) is 0 Å². The highest BCUT2D eigenvalue weighted by Gasteiger charge is 2.00. The number of aromatic nitrogens is 2. The van der Waals surface area contributed by atoms with E-state index in [2.05, 4.69) is 9.97 Å². The van der Waals surface area contributed by atoms with Crippen molar-refractivity contribution in [3.05, 3.63) is 36.0 Å². The van der Waals surface area contributed by atoms with Gasteiger partial charge in [0.1, 0.15) is 11.6 Å². The third-order valence-electron chi connectivity index (χ3n) is 1.96. The van der Waals surface area contributed by atoms with Crippen molar-refractivity contribution in [2.45, 2.75) is 6.42 Å². The summed E-state index contributed by atoms with van der Waals surface area (Å²) in [6, 6.07) is 4.45. The second-order valence-electron chi connectivity index (χ2n) is 3.03. The van der Waals surface area contributed by atoms with E-state index in [-0.39, 0.29) is 5.82 Å². The lowest BCUT2D eigenvalue weighted by atomic mass is 10.2. The largest absolute Gasteiger partial charge is 0.330 e. The molecular formula is C10H10FN3. The predicted octanol–water partition coefficient (Wildman–Crippen LogP) is 1.27. The summed E-state index contributed by atoms with van der Waals surface area (Å²) in [5, 5.41) is 0.714. The van der Waals surface area contributed by atoms with E-state index in [1.54, 1.807) is 12.3 Å². The summed E-state index contributed by atoms with van der Waals surface area (Å²) in [4.78, 5) is 8.33. The lowest BCUT2D eigenvalue weighted by Gasteiger charge is -2.00. The number of nitrogens with zero attached hydrogens (tertiary/aromatic N) is 2. The van der Waals surface area contributed by atoms with Gasteiger partial charge in [-0.05, 0) is 24.7 Å². The summed E-state index contributed by atoms with van der Waals surface area (Å²) in [6.07, 6.45) is 2.27. The molecule has 2 N–H and O–H groups in total. The highest BCUT2D eigenvalue weighted by atomic mass is 19.1. The maximum Gasteiger partial charge on any atom is 0.130 e. The number of rotatable bonds is 2. The van der Waals surface area contributed by atoms with E-state index in [4.69, 9.17) is 5.73 Å². The van der Waals surface area contributed by atoms with Gasteiger partial charge in [0.2, 0.25) is 0 Å². The van der Waals surface area contributed by atoms with Crippen molar-refractivity contribution in [1.82, 2.24) is 9.97 Å². The van der Waals surface area contributed by atoms with Gasteiger partial charge in [0.05, 0.1) is 5.52 Å². The van der Waals surface area contributed by atoms with Gasteiger partial charge in [-0.25, -0.2) is 14.4 Å². The van der Waals surface area contributed by atoms with Crippen LogP contribution in [0, 0.1) is 5.82 Å². The summed E-state index contributed by atoms with van der Waals surface area (Å²) in [6.45, 7) is 0.521. The van der Waals surface area contributed by atoms with E-state index < -0.39 is 0 Å². The number of halogens is 1. The third-order valence-corrected chi connectivity index (χ3v) is 1.96. The summed E-state index contributed by atoms with van der Waals surface area (Å²) in [5.41, 5.74) is 6.14. The van der Waals surface area contributed by atoms with Gasteiger partial charge in [-0.15, -0.1) is 0 Å². The molecule has 2 rings (SSSR count). The molecule has 72 valence electrons. The molecule has 0 saturated heterocycles. The van der Waals surface area contributed by atoms with Crippen LogP contribution in [0.25, 0.3) is 10.9 Å². The Bertz CT molecular complexity index is 456. The van der Waals surface area contributed by atoms with Crippen molar-refractivity contribution in [2.24, 2.45) is 5.73 Å². The van der Waals surface area contributed by atoms with Crippen LogP contribution in [0.3, 0.4) is 0 Å². The second-order valence-corrected chi connectivity index (χ2v) is 3.03. The lowest BCUT2D eigenvalue weighted by Crippen LogP contribution is -2.06. The van der Waals surface area contributed by atoms with Crippen molar-refractivity contribution in [1.29, 1.82) is 0 Å². The molecule has 3 nitrogen and oxygen atoms in total. The summed E-state index contributed by atoms with van der Waals surface area (Å²) in [7, 11) is 0. The minimum absolute atomic E-state index is 0.271. The first-order valence-corrected chi connectivity index (χ1v) is 4.41. The van der Waals surface area contributed by atoms with Crippen LogP contribution in [-0.4, -0.2) is 16.5 Å². The zero-order valence-corrected chi connectivity index (χ0v) is 7.57. The van der Waals surface area contributed by atoms with Crippen molar-refractivity contribution in [2.75, 3.05) is 6.54 Å². The predicted molar refractivity (Wildman–Crippen MR) is 52.3 cm³/mol. The first-order valence-electron chi connectivity index (χ1n) is 4.41. The van der Waals surface area contributed by atoms with E-state index in [0.29, 0.717) is 24.2 Å². The van der Waals surface area contributed by atoms with E-state index in [0.717, 1.165) is 5.52 Å². The normalized spacial score (nSPS) is 10.7. The second kappa shape index (κ2) is 3.67. The van der Waals surface area contributed by atoms with E-state index in [1.807, 2.05) is 0 Å². The molecule has 1 heterocycles. The maximum absolute atomic E-state index is 12.8. The Morgan fingerprint density at radius 1 is 1.36 bits per heavy atom. The van der Waals surface area contributed by atoms with Crippen LogP contribution in [0.2, 0.25) is 0 Å². The highest BCUT2D eigenvalue weighted by Crippen LogP contribution is 2.12. The lowest BCUT2D eigenvalue weighted by molar-refractivity contribution is 0.629.